The zero-order valence-electron chi connectivity index (χ0n) is 12.9. The van der Waals surface area contributed by atoms with Gasteiger partial charge in [-0.2, -0.15) is 0 Å². The molecule has 4 rings (SSSR count). The smallest absolute Gasteiger partial charge is 0.270 e. The second-order valence-electron chi connectivity index (χ2n) is 6.09. The molecule has 6 nitrogen and oxygen atoms in total. The topological polar surface area (TPSA) is 69.3 Å². The molecule has 0 radical (unpaired) electrons. The monoisotopic (exact) mass is 330 g/mol. The minimum Gasteiger partial charge on any atom is -0.357 e. The molecule has 2 saturated heterocycles. The molecule has 2 aromatic rings. The fourth-order valence-corrected chi connectivity index (χ4v) is 4.26. The summed E-state index contributed by atoms with van der Waals surface area (Å²) >= 11 is 1.60. The van der Waals surface area contributed by atoms with Gasteiger partial charge in [-0.1, -0.05) is 0 Å². The normalized spacial score (nSPS) is 23.6. The number of aryl methyl sites for hydroxylation is 1. The van der Waals surface area contributed by atoms with Crippen molar-refractivity contribution in [2.75, 3.05) is 6.54 Å². The van der Waals surface area contributed by atoms with Crippen LogP contribution in [0, 0.1) is 6.92 Å². The van der Waals surface area contributed by atoms with Gasteiger partial charge in [0.25, 0.3) is 5.91 Å². The minimum atomic E-state index is -0.0157. The van der Waals surface area contributed by atoms with Crippen molar-refractivity contribution in [1.29, 1.82) is 0 Å². The number of rotatable bonds is 3. The molecule has 1 N–H and O–H groups in total. The van der Waals surface area contributed by atoms with Crippen molar-refractivity contribution in [3.63, 3.8) is 0 Å². The maximum Gasteiger partial charge on any atom is 0.270 e. The molecule has 0 aromatic carbocycles. The van der Waals surface area contributed by atoms with Gasteiger partial charge in [0.2, 0.25) is 5.91 Å². The second kappa shape index (κ2) is 5.49. The highest BCUT2D eigenvalue weighted by molar-refractivity contribution is 7.09. The number of aromatic amines is 1. The van der Waals surface area contributed by atoms with Gasteiger partial charge in [0.1, 0.15) is 5.69 Å². The van der Waals surface area contributed by atoms with Crippen molar-refractivity contribution in [3.8, 4) is 0 Å². The van der Waals surface area contributed by atoms with E-state index in [1.54, 1.807) is 23.6 Å². The molecular weight excluding hydrogens is 312 g/mol. The van der Waals surface area contributed by atoms with Gasteiger partial charge in [-0.3, -0.25) is 9.59 Å². The Balaban J connectivity index is 1.52. The number of hydrogen-bond acceptors (Lipinski definition) is 4. The lowest BCUT2D eigenvalue weighted by molar-refractivity contribution is -0.129. The van der Waals surface area contributed by atoms with E-state index in [1.165, 1.54) is 0 Å². The Morgan fingerprint density at radius 3 is 3.04 bits per heavy atom. The number of nitrogens with one attached hydrogen (secondary N) is 1. The number of H-pyrrole nitrogens is 1. The number of carbonyl (C=O) groups is 2. The number of aromatic nitrogens is 2. The van der Waals surface area contributed by atoms with Gasteiger partial charge in [0.05, 0.1) is 29.3 Å². The van der Waals surface area contributed by atoms with E-state index in [4.69, 9.17) is 0 Å². The summed E-state index contributed by atoms with van der Waals surface area (Å²) in [4.78, 5) is 36.2. The summed E-state index contributed by atoms with van der Waals surface area (Å²) in [7, 11) is 0. The second-order valence-corrected chi connectivity index (χ2v) is 7.15. The number of nitrogens with zero attached hydrogens (tertiary/aromatic N) is 3. The maximum atomic E-state index is 12.6. The van der Waals surface area contributed by atoms with Crippen LogP contribution in [-0.4, -0.2) is 50.2 Å². The summed E-state index contributed by atoms with van der Waals surface area (Å²) in [6.45, 7) is 3.22. The molecule has 0 aliphatic carbocycles. The van der Waals surface area contributed by atoms with E-state index in [9.17, 15) is 9.59 Å². The van der Waals surface area contributed by atoms with Crippen LogP contribution in [0.15, 0.2) is 23.7 Å². The summed E-state index contributed by atoms with van der Waals surface area (Å²) < 4.78 is 0. The summed E-state index contributed by atoms with van der Waals surface area (Å²) in [5, 5.41) is 3.02. The van der Waals surface area contributed by atoms with Crippen LogP contribution in [0.3, 0.4) is 0 Å². The molecule has 0 bridgehead atoms. The standard InChI is InChI=1S/C16H18N4O2S/c1-10-18-11(9-23-10)8-20-13-4-6-19(14(13)7-15(20)21)16(22)12-3-2-5-17-12/h2-3,5,9,13-14,17H,4,6-8H2,1H3. The molecule has 2 aliphatic rings. The Morgan fingerprint density at radius 1 is 1.48 bits per heavy atom. The molecule has 2 unspecified atom stereocenters. The summed E-state index contributed by atoms with van der Waals surface area (Å²) in [6.07, 6.45) is 3.00. The average molecular weight is 330 g/mol. The van der Waals surface area contributed by atoms with Crippen molar-refractivity contribution in [2.45, 2.75) is 38.4 Å². The molecule has 2 aliphatic heterocycles. The van der Waals surface area contributed by atoms with Crippen molar-refractivity contribution in [2.24, 2.45) is 0 Å². The maximum absolute atomic E-state index is 12.6. The molecular formula is C16H18N4O2S. The fraction of sp³-hybridized carbons (Fsp3) is 0.438. The van der Waals surface area contributed by atoms with Crippen LogP contribution in [-0.2, 0) is 11.3 Å². The zero-order valence-corrected chi connectivity index (χ0v) is 13.7. The number of thiazole rings is 1. The lowest BCUT2D eigenvalue weighted by Crippen LogP contribution is -2.39. The third-order valence-electron chi connectivity index (χ3n) is 4.70. The zero-order chi connectivity index (χ0) is 16.0. The van der Waals surface area contributed by atoms with E-state index in [1.807, 2.05) is 28.2 Å². The highest BCUT2D eigenvalue weighted by Crippen LogP contribution is 2.34. The largest absolute Gasteiger partial charge is 0.357 e. The quantitative estimate of drug-likeness (QED) is 0.933. The van der Waals surface area contributed by atoms with E-state index in [0.717, 1.165) is 17.1 Å². The Kier molecular flexibility index (Phi) is 3.45. The molecule has 4 heterocycles. The van der Waals surface area contributed by atoms with Crippen LogP contribution in [0.1, 0.15) is 34.0 Å². The highest BCUT2D eigenvalue weighted by atomic mass is 32.1. The van der Waals surface area contributed by atoms with E-state index in [2.05, 4.69) is 9.97 Å². The molecule has 120 valence electrons. The predicted octanol–water partition coefficient (Wildman–Crippen LogP) is 1.80. The first kappa shape index (κ1) is 14.4. The van der Waals surface area contributed by atoms with Gasteiger partial charge in [-0.25, -0.2) is 4.98 Å². The number of fused-ring (bicyclic) bond motifs is 1. The van der Waals surface area contributed by atoms with Crippen LogP contribution in [0.5, 0.6) is 0 Å². The number of hydrogen-bond donors (Lipinski definition) is 1. The number of likely N-dealkylation sites (tertiary alicyclic amines) is 2. The fourth-order valence-electron chi connectivity index (χ4n) is 3.66. The summed E-state index contributed by atoms with van der Waals surface area (Å²) in [5.41, 5.74) is 1.53. The van der Waals surface area contributed by atoms with Crippen LogP contribution >= 0.6 is 11.3 Å². The van der Waals surface area contributed by atoms with Crippen molar-refractivity contribution in [3.05, 3.63) is 40.1 Å². The first-order chi connectivity index (χ1) is 11.1. The first-order valence-electron chi connectivity index (χ1n) is 7.78. The highest BCUT2D eigenvalue weighted by Gasteiger charge is 2.48. The third-order valence-corrected chi connectivity index (χ3v) is 5.53. The SMILES string of the molecule is Cc1nc(CN2C(=O)CC3C2CCN3C(=O)c2ccc[nH]2)cs1. The molecule has 0 spiro atoms. The Bertz CT molecular complexity index is 739. The van der Waals surface area contributed by atoms with Crippen LogP contribution in [0.2, 0.25) is 0 Å². The summed E-state index contributed by atoms with van der Waals surface area (Å²) in [6, 6.07) is 3.70. The lowest BCUT2D eigenvalue weighted by atomic mass is 10.1. The molecule has 2 atom stereocenters. The average Bonchev–Trinajstić information content (AvgIpc) is 3.27. The minimum absolute atomic E-state index is 0.0124. The van der Waals surface area contributed by atoms with E-state index >= 15 is 0 Å². The van der Waals surface area contributed by atoms with E-state index < -0.39 is 0 Å². The first-order valence-corrected chi connectivity index (χ1v) is 8.66. The van der Waals surface area contributed by atoms with Crippen LogP contribution in [0.25, 0.3) is 0 Å². The number of carbonyl (C=O) groups excluding carboxylic acids is 2. The predicted molar refractivity (Wildman–Crippen MR) is 86.0 cm³/mol. The van der Waals surface area contributed by atoms with Crippen LogP contribution < -0.4 is 0 Å². The van der Waals surface area contributed by atoms with E-state index in [-0.39, 0.29) is 23.9 Å². The molecule has 0 saturated carbocycles. The van der Waals surface area contributed by atoms with Gasteiger partial charge in [0.15, 0.2) is 0 Å². The van der Waals surface area contributed by atoms with Gasteiger partial charge >= 0.3 is 0 Å². The van der Waals surface area contributed by atoms with Gasteiger partial charge in [-0.05, 0) is 25.5 Å². The molecule has 2 fully saturated rings. The Morgan fingerprint density at radius 2 is 2.35 bits per heavy atom. The third kappa shape index (κ3) is 2.45. The lowest BCUT2D eigenvalue weighted by Gasteiger charge is -2.24. The van der Waals surface area contributed by atoms with Crippen molar-refractivity contribution >= 4 is 23.2 Å². The van der Waals surface area contributed by atoms with E-state index in [0.29, 0.717) is 25.2 Å². The van der Waals surface area contributed by atoms with Gasteiger partial charge < -0.3 is 14.8 Å². The van der Waals surface area contributed by atoms with Gasteiger partial charge in [-0.15, -0.1) is 11.3 Å². The Hall–Kier alpha value is -2.15. The molecule has 2 aromatic heterocycles. The van der Waals surface area contributed by atoms with Crippen molar-refractivity contribution in [1.82, 2.24) is 19.8 Å². The molecule has 2 amide bonds. The molecule has 7 heteroatoms. The summed E-state index contributed by atoms with van der Waals surface area (Å²) in [5.74, 6) is 0.108. The van der Waals surface area contributed by atoms with Gasteiger partial charge in [0, 0.05) is 24.5 Å². The molecule has 23 heavy (non-hydrogen) atoms. The Labute approximate surface area is 138 Å². The number of amides is 2. The van der Waals surface area contributed by atoms with Crippen molar-refractivity contribution < 1.29 is 9.59 Å². The van der Waals surface area contributed by atoms with Crippen LogP contribution in [0.4, 0.5) is 0 Å².